The number of carboxylic acids is 1. The van der Waals surface area contributed by atoms with Crippen molar-refractivity contribution in [2.45, 2.75) is 31.8 Å². The number of fused-ring (bicyclic) bond motifs is 1. The van der Waals surface area contributed by atoms with E-state index in [-0.39, 0.29) is 6.42 Å². The van der Waals surface area contributed by atoms with Crippen LogP contribution < -0.4 is 0 Å². The lowest BCUT2D eigenvalue weighted by Crippen LogP contribution is -2.36. The largest absolute Gasteiger partial charge is 0.481 e. The molecule has 1 N–H and O–H groups in total. The summed E-state index contributed by atoms with van der Waals surface area (Å²) in [5, 5.41) is 16.7. The van der Waals surface area contributed by atoms with E-state index in [4.69, 9.17) is 5.11 Å². The number of hydrogen-bond donors (Lipinski definition) is 1. The first-order valence-corrected chi connectivity index (χ1v) is 5.37. The van der Waals surface area contributed by atoms with E-state index in [1.54, 1.807) is 0 Å². The molecule has 1 atom stereocenters. The van der Waals surface area contributed by atoms with E-state index in [9.17, 15) is 4.79 Å². The molecule has 2 rings (SSSR count). The Kier molecular flexibility index (Phi) is 2.91. The monoisotopic (exact) mass is 224 g/mol. The van der Waals surface area contributed by atoms with Gasteiger partial charge in [-0.2, -0.15) is 0 Å². The van der Waals surface area contributed by atoms with Gasteiger partial charge in [-0.15, -0.1) is 10.2 Å². The Bertz CT molecular complexity index is 400. The summed E-state index contributed by atoms with van der Waals surface area (Å²) < 4.78 is 1.94. The van der Waals surface area contributed by atoms with Crippen LogP contribution in [-0.2, 0) is 24.2 Å². The van der Waals surface area contributed by atoms with Crippen LogP contribution in [0.25, 0.3) is 0 Å². The lowest BCUT2D eigenvalue weighted by Gasteiger charge is -2.28. The zero-order valence-electron chi connectivity index (χ0n) is 9.55. The Hall–Kier alpha value is -1.43. The SMILES string of the molecule is CN(C)C1CCn2c(CC(=O)O)nnc2C1. The molecular weight excluding hydrogens is 208 g/mol. The van der Waals surface area contributed by atoms with Crippen molar-refractivity contribution in [2.24, 2.45) is 0 Å². The van der Waals surface area contributed by atoms with Crippen LogP contribution in [0.15, 0.2) is 0 Å². The molecule has 1 aliphatic heterocycles. The maximum Gasteiger partial charge on any atom is 0.311 e. The predicted octanol–water partition coefficient (Wildman–Crippen LogP) is -0.218. The summed E-state index contributed by atoms with van der Waals surface area (Å²) in [4.78, 5) is 12.8. The first-order valence-electron chi connectivity index (χ1n) is 5.37. The van der Waals surface area contributed by atoms with Gasteiger partial charge in [-0.05, 0) is 20.5 Å². The second-order valence-corrected chi connectivity index (χ2v) is 4.36. The number of aromatic nitrogens is 3. The number of hydrogen-bond acceptors (Lipinski definition) is 4. The molecule has 0 aromatic carbocycles. The Morgan fingerprint density at radius 2 is 2.31 bits per heavy atom. The highest BCUT2D eigenvalue weighted by atomic mass is 16.4. The second-order valence-electron chi connectivity index (χ2n) is 4.36. The van der Waals surface area contributed by atoms with Gasteiger partial charge < -0.3 is 14.6 Å². The fourth-order valence-corrected chi connectivity index (χ4v) is 2.08. The number of nitrogens with zero attached hydrogens (tertiary/aromatic N) is 4. The lowest BCUT2D eigenvalue weighted by atomic mass is 10.1. The van der Waals surface area contributed by atoms with E-state index < -0.39 is 5.97 Å². The van der Waals surface area contributed by atoms with E-state index in [2.05, 4.69) is 29.2 Å². The van der Waals surface area contributed by atoms with E-state index in [0.717, 1.165) is 25.2 Å². The molecule has 6 heteroatoms. The number of carbonyl (C=O) groups is 1. The van der Waals surface area contributed by atoms with Gasteiger partial charge >= 0.3 is 5.97 Å². The van der Waals surface area contributed by atoms with Crippen molar-refractivity contribution in [3.05, 3.63) is 11.6 Å². The van der Waals surface area contributed by atoms with Crippen LogP contribution in [0.5, 0.6) is 0 Å². The molecule has 0 aliphatic carbocycles. The van der Waals surface area contributed by atoms with Crippen LogP contribution in [0.4, 0.5) is 0 Å². The number of aliphatic carboxylic acids is 1. The topological polar surface area (TPSA) is 71.2 Å². The number of likely N-dealkylation sites (N-methyl/N-ethyl adjacent to an activating group) is 1. The van der Waals surface area contributed by atoms with Crippen LogP contribution >= 0.6 is 0 Å². The van der Waals surface area contributed by atoms with Gasteiger partial charge in [0.05, 0.1) is 0 Å². The third-order valence-corrected chi connectivity index (χ3v) is 3.05. The summed E-state index contributed by atoms with van der Waals surface area (Å²) in [7, 11) is 4.10. The Morgan fingerprint density at radius 3 is 2.94 bits per heavy atom. The van der Waals surface area contributed by atoms with Crippen molar-refractivity contribution in [3.8, 4) is 0 Å². The minimum Gasteiger partial charge on any atom is -0.481 e. The smallest absolute Gasteiger partial charge is 0.311 e. The normalized spacial score (nSPS) is 19.8. The van der Waals surface area contributed by atoms with E-state index in [1.807, 2.05) is 4.57 Å². The van der Waals surface area contributed by atoms with Crippen molar-refractivity contribution in [1.29, 1.82) is 0 Å². The molecule has 1 aromatic rings. The summed E-state index contributed by atoms with van der Waals surface area (Å²) in [6, 6.07) is 0.481. The average molecular weight is 224 g/mol. The fraction of sp³-hybridized carbons (Fsp3) is 0.700. The predicted molar refractivity (Wildman–Crippen MR) is 57.2 cm³/mol. The van der Waals surface area contributed by atoms with E-state index in [1.165, 1.54) is 0 Å². The van der Waals surface area contributed by atoms with Crippen molar-refractivity contribution < 1.29 is 9.90 Å². The summed E-state index contributed by atoms with van der Waals surface area (Å²) in [5.74, 6) is 0.617. The minimum atomic E-state index is -0.857. The van der Waals surface area contributed by atoms with E-state index >= 15 is 0 Å². The molecule has 1 aromatic heterocycles. The van der Waals surface area contributed by atoms with Gasteiger partial charge in [-0.1, -0.05) is 0 Å². The van der Waals surface area contributed by atoms with Crippen LogP contribution in [0, 0.1) is 0 Å². The molecule has 1 aliphatic rings. The molecule has 2 heterocycles. The van der Waals surface area contributed by atoms with Crippen molar-refractivity contribution in [3.63, 3.8) is 0 Å². The summed E-state index contributed by atoms with van der Waals surface area (Å²) >= 11 is 0. The minimum absolute atomic E-state index is 0.0420. The third kappa shape index (κ3) is 2.06. The van der Waals surface area contributed by atoms with E-state index in [0.29, 0.717) is 11.9 Å². The van der Waals surface area contributed by atoms with Crippen molar-refractivity contribution >= 4 is 5.97 Å². The van der Waals surface area contributed by atoms with Crippen molar-refractivity contribution in [2.75, 3.05) is 14.1 Å². The number of carboxylic acid groups (broad SMARTS) is 1. The molecule has 0 bridgehead atoms. The Balaban J connectivity index is 2.17. The first-order chi connectivity index (χ1) is 7.58. The highest BCUT2D eigenvalue weighted by Crippen LogP contribution is 2.18. The molecular formula is C10H16N4O2. The molecule has 88 valence electrons. The van der Waals surface area contributed by atoms with Crippen LogP contribution in [-0.4, -0.2) is 50.9 Å². The fourth-order valence-electron chi connectivity index (χ4n) is 2.08. The molecule has 1 unspecified atom stereocenters. The summed E-state index contributed by atoms with van der Waals surface area (Å²) in [6.45, 7) is 0.813. The molecule has 0 fully saturated rings. The maximum atomic E-state index is 10.6. The Morgan fingerprint density at radius 1 is 1.56 bits per heavy atom. The van der Waals surface area contributed by atoms with Crippen LogP contribution in [0.3, 0.4) is 0 Å². The quantitative estimate of drug-likeness (QED) is 0.768. The maximum absolute atomic E-state index is 10.6. The highest BCUT2D eigenvalue weighted by molar-refractivity contribution is 5.69. The highest BCUT2D eigenvalue weighted by Gasteiger charge is 2.24. The molecule has 0 saturated carbocycles. The Labute approximate surface area is 93.9 Å². The summed E-state index contributed by atoms with van der Waals surface area (Å²) in [5.41, 5.74) is 0. The van der Waals surface area contributed by atoms with Crippen molar-refractivity contribution in [1.82, 2.24) is 19.7 Å². The van der Waals surface area contributed by atoms with Crippen LogP contribution in [0.1, 0.15) is 18.1 Å². The second kappa shape index (κ2) is 4.21. The van der Waals surface area contributed by atoms with Crippen LogP contribution in [0.2, 0.25) is 0 Å². The van der Waals surface area contributed by atoms with Gasteiger partial charge in [0, 0.05) is 19.0 Å². The van der Waals surface area contributed by atoms with Gasteiger partial charge in [0.2, 0.25) is 0 Å². The molecule has 6 nitrogen and oxygen atoms in total. The third-order valence-electron chi connectivity index (χ3n) is 3.05. The van der Waals surface area contributed by atoms with Gasteiger partial charge in [0.25, 0.3) is 0 Å². The average Bonchev–Trinajstić information content (AvgIpc) is 2.60. The number of rotatable bonds is 3. The molecule has 16 heavy (non-hydrogen) atoms. The first kappa shape index (κ1) is 11.1. The zero-order valence-corrected chi connectivity index (χ0v) is 9.55. The van der Waals surface area contributed by atoms with Gasteiger partial charge in [-0.25, -0.2) is 0 Å². The summed E-state index contributed by atoms with van der Waals surface area (Å²) in [6.07, 6.45) is 1.82. The molecule has 0 amide bonds. The zero-order chi connectivity index (χ0) is 11.7. The standard InChI is InChI=1S/C10H16N4O2/c1-13(2)7-3-4-14-8(5-7)11-12-9(14)6-10(15)16/h7H,3-6H2,1-2H3,(H,15,16). The van der Waals surface area contributed by atoms with Gasteiger partial charge in [0.15, 0.2) is 0 Å². The van der Waals surface area contributed by atoms with Gasteiger partial charge in [0.1, 0.15) is 18.1 Å². The lowest BCUT2D eigenvalue weighted by molar-refractivity contribution is -0.136. The molecule has 0 spiro atoms. The van der Waals surface area contributed by atoms with Gasteiger partial charge in [-0.3, -0.25) is 4.79 Å². The molecule has 0 radical (unpaired) electrons. The molecule has 0 saturated heterocycles.